The van der Waals surface area contributed by atoms with Gasteiger partial charge in [0.2, 0.25) is 0 Å². The molecule has 1 N–H and O–H groups in total. The van der Waals surface area contributed by atoms with Crippen LogP contribution in [-0.2, 0) is 0 Å². The van der Waals surface area contributed by atoms with Crippen molar-refractivity contribution in [2.75, 3.05) is 5.32 Å². The minimum atomic E-state index is 0.269. The van der Waals surface area contributed by atoms with Gasteiger partial charge in [0.25, 0.3) is 0 Å². The average molecular weight is 336 g/mol. The lowest BCUT2D eigenvalue weighted by atomic mass is 10.1. The van der Waals surface area contributed by atoms with Gasteiger partial charge in [-0.15, -0.1) is 23.1 Å². The van der Waals surface area contributed by atoms with E-state index in [0.29, 0.717) is 0 Å². The van der Waals surface area contributed by atoms with Gasteiger partial charge in [-0.3, -0.25) is 4.98 Å². The number of hydrogen-bond donors (Lipinski definition) is 1. The van der Waals surface area contributed by atoms with Crippen molar-refractivity contribution in [1.29, 1.82) is 0 Å². The van der Waals surface area contributed by atoms with Crippen molar-refractivity contribution in [3.63, 3.8) is 0 Å². The molecule has 0 amide bonds. The molecular formula is C19H16N2S2. The molecule has 1 aliphatic rings. The first-order valence-electron chi connectivity index (χ1n) is 7.49. The second-order valence-electron chi connectivity index (χ2n) is 5.50. The zero-order valence-corrected chi connectivity index (χ0v) is 14.3. The molecule has 1 atom stereocenters. The Morgan fingerprint density at radius 3 is 2.74 bits per heavy atom. The summed E-state index contributed by atoms with van der Waals surface area (Å²) < 4.78 is 0. The summed E-state index contributed by atoms with van der Waals surface area (Å²) in [6.45, 7) is 2.14. The third kappa shape index (κ3) is 3.05. The van der Waals surface area contributed by atoms with Crippen LogP contribution in [0.5, 0.6) is 0 Å². The van der Waals surface area contributed by atoms with Gasteiger partial charge in [-0.2, -0.15) is 0 Å². The monoisotopic (exact) mass is 336 g/mol. The maximum Gasteiger partial charge on any atom is 0.0549 e. The Hall–Kier alpha value is -2.04. The fourth-order valence-electron chi connectivity index (χ4n) is 2.63. The summed E-state index contributed by atoms with van der Waals surface area (Å²) >= 11 is 3.65. The predicted octanol–water partition coefficient (Wildman–Crippen LogP) is 5.75. The second kappa shape index (κ2) is 6.22. The molecule has 0 saturated carbocycles. The van der Waals surface area contributed by atoms with Crippen molar-refractivity contribution in [3.05, 3.63) is 82.3 Å². The van der Waals surface area contributed by atoms with Crippen LogP contribution in [0.25, 0.3) is 5.70 Å². The minimum Gasteiger partial charge on any atom is -0.354 e. The Morgan fingerprint density at radius 1 is 1.09 bits per heavy atom. The molecule has 2 aromatic heterocycles. The van der Waals surface area contributed by atoms with Gasteiger partial charge in [-0.1, -0.05) is 12.1 Å². The molecule has 3 heterocycles. The molecular weight excluding hydrogens is 320 g/mol. The fraction of sp³-hybridized carbons (Fsp3) is 0.105. The first-order valence-corrected chi connectivity index (χ1v) is 9.25. The van der Waals surface area contributed by atoms with Gasteiger partial charge in [0.15, 0.2) is 0 Å². The number of thioether (sulfide) groups is 1. The first kappa shape index (κ1) is 14.5. The van der Waals surface area contributed by atoms with E-state index < -0.39 is 0 Å². The van der Waals surface area contributed by atoms with Crippen molar-refractivity contribution in [2.45, 2.75) is 17.1 Å². The Labute approximate surface area is 144 Å². The number of thiophene rings is 1. The third-order valence-electron chi connectivity index (χ3n) is 3.80. The molecule has 4 rings (SSSR count). The summed E-state index contributed by atoms with van der Waals surface area (Å²) in [5.41, 5.74) is 4.91. The Balaban J connectivity index is 1.82. The van der Waals surface area contributed by atoms with Gasteiger partial charge in [0, 0.05) is 17.3 Å². The number of fused-ring (bicyclic) bond motifs is 1. The summed E-state index contributed by atoms with van der Waals surface area (Å²) in [7, 11) is 0. The van der Waals surface area contributed by atoms with E-state index in [0.717, 1.165) is 0 Å². The highest BCUT2D eigenvalue weighted by Crippen LogP contribution is 2.45. The molecule has 3 aromatic rings. The molecule has 0 spiro atoms. The number of hydrogen-bond acceptors (Lipinski definition) is 4. The van der Waals surface area contributed by atoms with Gasteiger partial charge < -0.3 is 5.32 Å². The molecule has 0 saturated heterocycles. The van der Waals surface area contributed by atoms with E-state index in [1.54, 1.807) is 11.3 Å². The Kier molecular flexibility index (Phi) is 3.93. The summed E-state index contributed by atoms with van der Waals surface area (Å²) in [5.74, 6) is 0. The normalized spacial score (nSPS) is 16.9. The number of aromatic nitrogens is 1. The van der Waals surface area contributed by atoms with E-state index in [2.05, 4.69) is 71.1 Å². The number of nitrogens with zero attached hydrogens (tertiary/aromatic N) is 1. The van der Waals surface area contributed by atoms with E-state index in [-0.39, 0.29) is 5.25 Å². The lowest BCUT2D eigenvalue weighted by Gasteiger charge is -2.12. The molecule has 0 aliphatic carbocycles. The lowest BCUT2D eigenvalue weighted by Crippen LogP contribution is -1.97. The quantitative estimate of drug-likeness (QED) is 0.645. The van der Waals surface area contributed by atoms with Crippen LogP contribution >= 0.6 is 23.1 Å². The molecule has 0 fully saturated rings. The van der Waals surface area contributed by atoms with Crippen molar-refractivity contribution in [3.8, 4) is 0 Å². The van der Waals surface area contributed by atoms with Crippen LogP contribution in [0.15, 0.2) is 71.2 Å². The number of pyridine rings is 1. The van der Waals surface area contributed by atoms with Crippen LogP contribution in [-0.4, -0.2) is 4.98 Å². The van der Waals surface area contributed by atoms with E-state index in [1.165, 1.54) is 32.3 Å². The molecule has 114 valence electrons. The van der Waals surface area contributed by atoms with E-state index in [1.807, 2.05) is 24.2 Å². The molecule has 0 radical (unpaired) electrons. The first-order chi connectivity index (χ1) is 11.3. The Bertz CT molecular complexity index is 839. The van der Waals surface area contributed by atoms with Gasteiger partial charge >= 0.3 is 0 Å². The van der Waals surface area contributed by atoms with Crippen molar-refractivity contribution in [2.24, 2.45) is 0 Å². The minimum absolute atomic E-state index is 0.269. The summed E-state index contributed by atoms with van der Waals surface area (Å²) in [5, 5.41) is 6.01. The van der Waals surface area contributed by atoms with Gasteiger partial charge in [-0.05, 0) is 59.8 Å². The van der Waals surface area contributed by atoms with Gasteiger partial charge in [0.05, 0.1) is 21.5 Å². The molecule has 23 heavy (non-hydrogen) atoms. The highest BCUT2D eigenvalue weighted by Gasteiger charge is 2.20. The topological polar surface area (TPSA) is 24.9 Å². The fourth-order valence-corrected chi connectivity index (χ4v) is 4.61. The van der Waals surface area contributed by atoms with Crippen molar-refractivity contribution in [1.82, 2.24) is 4.98 Å². The number of anilines is 1. The van der Waals surface area contributed by atoms with Gasteiger partial charge in [0.1, 0.15) is 0 Å². The maximum absolute atomic E-state index is 4.15. The highest BCUT2D eigenvalue weighted by atomic mass is 32.2. The zero-order valence-electron chi connectivity index (χ0n) is 12.7. The largest absolute Gasteiger partial charge is 0.354 e. The standard InChI is InChI=1S/C19H16N2S2/c1-13-4-5-15-19(11-13)23-18(14-6-8-20-9-7-14)12-16(21-15)17-3-2-10-22-17/h2-12,18,21H,1H3. The third-order valence-corrected chi connectivity index (χ3v) is 5.96. The maximum atomic E-state index is 4.15. The average Bonchev–Trinajstić information content (AvgIpc) is 3.04. The summed E-state index contributed by atoms with van der Waals surface area (Å²) in [6.07, 6.45) is 6.05. The summed E-state index contributed by atoms with van der Waals surface area (Å²) in [6, 6.07) is 15.0. The van der Waals surface area contributed by atoms with Crippen molar-refractivity contribution < 1.29 is 0 Å². The number of nitrogens with one attached hydrogen (secondary N) is 1. The number of aryl methyl sites for hydroxylation is 1. The molecule has 1 aliphatic heterocycles. The van der Waals surface area contributed by atoms with Crippen molar-refractivity contribution >= 4 is 34.5 Å². The SMILES string of the molecule is Cc1ccc2c(c1)SC(c1ccncc1)C=C(c1cccs1)N2. The predicted molar refractivity (Wildman–Crippen MR) is 99.9 cm³/mol. The van der Waals surface area contributed by atoms with Gasteiger partial charge in [-0.25, -0.2) is 0 Å². The van der Waals surface area contributed by atoms with Crippen LogP contribution < -0.4 is 5.32 Å². The second-order valence-corrected chi connectivity index (χ2v) is 7.63. The van der Waals surface area contributed by atoms with Crippen LogP contribution in [0.3, 0.4) is 0 Å². The van der Waals surface area contributed by atoms with E-state index >= 15 is 0 Å². The molecule has 4 heteroatoms. The summed E-state index contributed by atoms with van der Waals surface area (Å²) in [4.78, 5) is 6.70. The van der Waals surface area contributed by atoms with Crippen LogP contribution in [0.2, 0.25) is 0 Å². The van der Waals surface area contributed by atoms with Crippen LogP contribution in [0.4, 0.5) is 5.69 Å². The molecule has 0 bridgehead atoms. The van der Waals surface area contributed by atoms with Crippen LogP contribution in [0, 0.1) is 6.92 Å². The molecule has 1 aromatic carbocycles. The van der Waals surface area contributed by atoms with E-state index in [4.69, 9.17) is 0 Å². The molecule has 2 nitrogen and oxygen atoms in total. The molecule has 1 unspecified atom stereocenters. The van der Waals surface area contributed by atoms with E-state index in [9.17, 15) is 0 Å². The lowest BCUT2D eigenvalue weighted by molar-refractivity contribution is 1.18. The number of rotatable bonds is 2. The van der Waals surface area contributed by atoms with Crippen LogP contribution in [0.1, 0.15) is 21.3 Å². The highest BCUT2D eigenvalue weighted by molar-refractivity contribution is 7.99. The smallest absolute Gasteiger partial charge is 0.0549 e. The Morgan fingerprint density at radius 2 is 1.96 bits per heavy atom. The zero-order chi connectivity index (χ0) is 15.6. The number of benzene rings is 1.